The van der Waals surface area contributed by atoms with Crippen LogP contribution in [0.3, 0.4) is 0 Å². The van der Waals surface area contributed by atoms with Crippen LogP contribution >= 0.6 is 0 Å². The average molecular weight is 346 g/mol. The predicted molar refractivity (Wildman–Crippen MR) is 88.9 cm³/mol. The number of nitrogens with zero attached hydrogens (tertiary/aromatic N) is 1. The van der Waals surface area contributed by atoms with Gasteiger partial charge in [-0.15, -0.1) is 0 Å². The molecular weight excluding hydrogens is 327 g/mol. The van der Waals surface area contributed by atoms with Crippen LogP contribution in [0, 0.1) is 11.7 Å². The molecule has 1 aromatic carbocycles. The molecule has 2 N–H and O–H groups in total. The molecule has 1 saturated heterocycles. The van der Waals surface area contributed by atoms with E-state index in [1.54, 1.807) is 4.90 Å². The SMILES string of the molecule is O=C(c1cc(=O)[nH]c2cc(F)ccc12)N1CCO[C@H]2C[C@H](CO)C[C@@H]21. The van der Waals surface area contributed by atoms with Crippen LogP contribution in [0.15, 0.2) is 29.1 Å². The number of ether oxygens (including phenoxy) is 1. The number of aromatic amines is 1. The summed E-state index contributed by atoms with van der Waals surface area (Å²) < 4.78 is 19.2. The second-order valence-corrected chi connectivity index (χ2v) is 6.73. The first-order valence-corrected chi connectivity index (χ1v) is 8.43. The van der Waals surface area contributed by atoms with Crippen molar-refractivity contribution in [1.29, 1.82) is 0 Å². The normalized spacial score (nSPS) is 26.0. The molecule has 0 spiro atoms. The summed E-state index contributed by atoms with van der Waals surface area (Å²) in [5.74, 6) is -0.603. The zero-order chi connectivity index (χ0) is 17.6. The summed E-state index contributed by atoms with van der Waals surface area (Å²) in [4.78, 5) is 29.4. The van der Waals surface area contributed by atoms with Crippen molar-refractivity contribution < 1.29 is 19.0 Å². The number of rotatable bonds is 2. The predicted octanol–water partition coefficient (Wildman–Crippen LogP) is 1.28. The lowest BCUT2D eigenvalue weighted by molar-refractivity contribution is -0.0448. The minimum Gasteiger partial charge on any atom is -0.396 e. The first-order valence-electron chi connectivity index (χ1n) is 8.43. The molecule has 2 fully saturated rings. The number of amides is 1. The lowest BCUT2D eigenvalue weighted by Gasteiger charge is -2.37. The number of aliphatic hydroxyl groups excluding tert-OH is 1. The maximum absolute atomic E-state index is 13.5. The van der Waals surface area contributed by atoms with Crippen LogP contribution in [0.4, 0.5) is 4.39 Å². The molecule has 25 heavy (non-hydrogen) atoms. The Hall–Kier alpha value is -2.25. The maximum atomic E-state index is 13.5. The largest absolute Gasteiger partial charge is 0.396 e. The van der Waals surface area contributed by atoms with Gasteiger partial charge in [-0.3, -0.25) is 9.59 Å². The molecule has 0 radical (unpaired) electrons. The van der Waals surface area contributed by atoms with Gasteiger partial charge in [0.2, 0.25) is 5.56 Å². The Morgan fingerprint density at radius 2 is 2.20 bits per heavy atom. The summed E-state index contributed by atoms with van der Waals surface area (Å²) >= 11 is 0. The standard InChI is InChI=1S/C18H19FN2O4/c19-11-1-2-12-13(8-17(23)20-14(12)7-11)18(24)21-3-4-25-16-6-10(9-22)5-15(16)21/h1-2,7-8,10,15-16,22H,3-6,9H2,(H,20,23)/t10-,15+,16+/m1/s1. The maximum Gasteiger partial charge on any atom is 0.255 e. The van der Waals surface area contributed by atoms with Gasteiger partial charge in [0.25, 0.3) is 5.91 Å². The fourth-order valence-electron chi connectivity index (χ4n) is 4.02. The van der Waals surface area contributed by atoms with Crippen LogP contribution in [0.25, 0.3) is 10.9 Å². The molecule has 3 atom stereocenters. The molecule has 2 aromatic rings. The average Bonchev–Trinajstić information content (AvgIpc) is 3.03. The first-order chi connectivity index (χ1) is 12.1. The van der Waals surface area contributed by atoms with E-state index in [0.29, 0.717) is 30.5 Å². The van der Waals surface area contributed by atoms with Gasteiger partial charge < -0.3 is 19.7 Å². The quantitative estimate of drug-likeness (QED) is 0.858. The Kier molecular flexibility index (Phi) is 4.05. The van der Waals surface area contributed by atoms with Gasteiger partial charge in [-0.2, -0.15) is 0 Å². The third kappa shape index (κ3) is 2.83. The van der Waals surface area contributed by atoms with E-state index in [2.05, 4.69) is 4.98 Å². The topological polar surface area (TPSA) is 82.6 Å². The Morgan fingerprint density at radius 1 is 1.36 bits per heavy atom. The van der Waals surface area contributed by atoms with Crippen molar-refractivity contribution in [3.05, 3.63) is 46.0 Å². The number of aliphatic hydroxyl groups is 1. The highest BCUT2D eigenvalue weighted by Gasteiger charge is 2.43. The van der Waals surface area contributed by atoms with E-state index < -0.39 is 11.4 Å². The number of hydrogen-bond donors (Lipinski definition) is 2. The number of halogens is 1. The fraction of sp³-hybridized carbons (Fsp3) is 0.444. The van der Waals surface area contributed by atoms with Crippen LogP contribution in [-0.4, -0.2) is 52.8 Å². The van der Waals surface area contributed by atoms with E-state index in [0.717, 1.165) is 6.42 Å². The van der Waals surface area contributed by atoms with Crippen molar-refractivity contribution in [3.63, 3.8) is 0 Å². The number of aromatic nitrogens is 1. The molecule has 0 bridgehead atoms. The van der Waals surface area contributed by atoms with E-state index in [1.807, 2.05) is 0 Å². The second kappa shape index (κ2) is 6.24. The van der Waals surface area contributed by atoms with Crippen molar-refractivity contribution in [2.75, 3.05) is 19.8 Å². The van der Waals surface area contributed by atoms with Crippen LogP contribution in [0.2, 0.25) is 0 Å². The zero-order valence-electron chi connectivity index (χ0n) is 13.6. The van der Waals surface area contributed by atoms with Gasteiger partial charge in [0.15, 0.2) is 0 Å². The van der Waals surface area contributed by atoms with Gasteiger partial charge in [0, 0.05) is 24.6 Å². The molecule has 1 saturated carbocycles. The number of hydrogen-bond acceptors (Lipinski definition) is 4. The highest BCUT2D eigenvalue weighted by molar-refractivity contribution is 6.06. The Labute approximate surface area is 143 Å². The lowest BCUT2D eigenvalue weighted by atomic mass is 10.0. The summed E-state index contributed by atoms with van der Waals surface area (Å²) in [6.07, 6.45) is 1.33. The Bertz CT molecular complexity index is 881. The van der Waals surface area contributed by atoms with Gasteiger partial charge >= 0.3 is 0 Å². The van der Waals surface area contributed by atoms with Crippen LogP contribution in [0.5, 0.6) is 0 Å². The number of carbonyl (C=O) groups is 1. The monoisotopic (exact) mass is 346 g/mol. The van der Waals surface area contributed by atoms with Crippen molar-refractivity contribution in [1.82, 2.24) is 9.88 Å². The number of benzene rings is 1. The molecule has 1 aliphatic carbocycles. The molecule has 7 heteroatoms. The fourth-order valence-corrected chi connectivity index (χ4v) is 4.02. The number of morpholine rings is 1. The molecule has 2 aliphatic rings. The van der Waals surface area contributed by atoms with Gasteiger partial charge in [-0.25, -0.2) is 4.39 Å². The minimum absolute atomic E-state index is 0.0750. The molecule has 1 aliphatic heterocycles. The number of H-pyrrole nitrogens is 1. The zero-order valence-corrected chi connectivity index (χ0v) is 13.6. The van der Waals surface area contributed by atoms with Crippen molar-refractivity contribution in [2.45, 2.75) is 25.0 Å². The van der Waals surface area contributed by atoms with Crippen LogP contribution < -0.4 is 5.56 Å². The second-order valence-electron chi connectivity index (χ2n) is 6.73. The highest BCUT2D eigenvalue weighted by Crippen LogP contribution is 2.35. The minimum atomic E-state index is -0.472. The lowest BCUT2D eigenvalue weighted by Crippen LogP contribution is -2.51. The highest BCUT2D eigenvalue weighted by atomic mass is 19.1. The molecular formula is C18H19FN2O4. The van der Waals surface area contributed by atoms with E-state index in [1.165, 1.54) is 24.3 Å². The molecule has 0 unspecified atom stereocenters. The van der Waals surface area contributed by atoms with E-state index in [4.69, 9.17) is 4.74 Å². The smallest absolute Gasteiger partial charge is 0.255 e. The van der Waals surface area contributed by atoms with E-state index in [-0.39, 0.29) is 36.1 Å². The van der Waals surface area contributed by atoms with Crippen molar-refractivity contribution in [3.8, 4) is 0 Å². The molecule has 4 rings (SSSR count). The summed E-state index contributed by atoms with van der Waals surface area (Å²) in [5, 5.41) is 9.94. The molecule has 1 amide bonds. The van der Waals surface area contributed by atoms with Gasteiger partial charge in [-0.05, 0) is 37.0 Å². The molecule has 1 aromatic heterocycles. The van der Waals surface area contributed by atoms with Gasteiger partial charge in [0.1, 0.15) is 5.82 Å². The third-order valence-electron chi connectivity index (χ3n) is 5.19. The van der Waals surface area contributed by atoms with Gasteiger partial charge in [0.05, 0.1) is 29.8 Å². The first kappa shape index (κ1) is 16.2. The van der Waals surface area contributed by atoms with Crippen LogP contribution in [-0.2, 0) is 4.74 Å². The van der Waals surface area contributed by atoms with Gasteiger partial charge in [-0.1, -0.05) is 0 Å². The molecule has 6 nitrogen and oxygen atoms in total. The van der Waals surface area contributed by atoms with E-state index in [9.17, 15) is 19.1 Å². The third-order valence-corrected chi connectivity index (χ3v) is 5.19. The van der Waals surface area contributed by atoms with Crippen LogP contribution in [0.1, 0.15) is 23.2 Å². The number of pyridine rings is 1. The number of carbonyl (C=O) groups excluding carboxylic acids is 1. The summed E-state index contributed by atoms with van der Waals surface area (Å²) in [6.45, 7) is 0.944. The number of nitrogens with one attached hydrogen (secondary N) is 1. The summed E-state index contributed by atoms with van der Waals surface area (Å²) in [6, 6.07) is 5.17. The van der Waals surface area contributed by atoms with Crippen molar-refractivity contribution in [2.24, 2.45) is 5.92 Å². The van der Waals surface area contributed by atoms with Crippen molar-refractivity contribution >= 4 is 16.8 Å². The molecule has 132 valence electrons. The summed E-state index contributed by atoms with van der Waals surface area (Å²) in [7, 11) is 0. The Balaban J connectivity index is 1.73. The number of fused-ring (bicyclic) bond motifs is 2. The molecule has 2 heterocycles. The van der Waals surface area contributed by atoms with E-state index >= 15 is 0 Å². The Morgan fingerprint density at radius 3 is 3.00 bits per heavy atom. The summed E-state index contributed by atoms with van der Waals surface area (Å²) in [5.41, 5.74) is 0.137.